The van der Waals surface area contributed by atoms with E-state index in [1.165, 1.54) is 0 Å². The Morgan fingerprint density at radius 2 is 1.29 bits per heavy atom. The van der Waals surface area contributed by atoms with Crippen molar-refractivity contribution in [1.29, 1.82) is 0 Å². The Morgan fingerprint density at radius 3 is 1.96 bits per heavy atom. The first-order valence-electron chi connectivity index (χ1n) is 9.72. The number of benzene rings is 3. The largest absolute Gasteiger partial charge is 0.289 e. The molecule has 0 bridgehead atoms. The lowest BCUT2D eigenvalue weighted by Gasteiger charge is -2.13. The number of carbonyl (C=O) groups is 1. The summed E-state index contributed by atoms with van der Waals surface area (Å²) in [5.74, 6) is 0.549. The van der Waals surface area contributed by atoms with E-state index < -0.39 is 0 Å². The van der Waals surface area contributed by atoms with Crippen molar-refractivity contribution in [3.05, 3.63) is 95.1 Å². The van der Waals surface area contributed by atoms with Gasteiger partial charge in [-0.05, 0) is 35.1 Å². The average Bonchev–Trinajstić information content (AvgIpc) is 2.72. The van der Waals surface area contributed by atoms with E-state index in [0.717, 1.165) is 16.8 Å². The third-order valence-corrected chi connectivity index (χ3v) is 4.79. The minimum absolute atomic E-state index is 0.0332. The van der Waals surface area contributed by atoms with E-state index in [9.17, 15) is 4.79 Å². The average molecular weight is 370 g/mol. The molecule has 0 aliphatic heterocycles. The molecule has 0 atom stereocenters. The normalized spacial score (nSPS) is 11.5. The number of hydrogen-bond donors (Lipinski definition) is 0. The van der Waals surface area contributed by atoms with Gasteiger partial charge in [-0.2, -0.15) is 5.11 Å². The Balaban J connectivity index is 2.10. The molecule has 0 saturated heterocycles. The quantitative estimate of drug-likeness (QED) is 0.326. The van der Waals surface area contributed by atoms with Crippen LogP contribution in [-0.2, 0) is 0 Å². The maximum Gasteiger partial charge on any atom is 0.195 e. The molecule has 3 rings (SSSR count). The predicted octanol–water partition coefficient (Wildman–Crippen LogP) is 7.58. The molecule has 0 amide bonds. The number of azo groups is 1. The van der Waals surface area contributed by atoms with E-state index in [2.05, 4.69) is 44.0 Å². The van der Waals surface area contributed by atoms with Crippen LogP contribution in [0.5, 0.6) is 0 Å². The van der Waals surface area contributed by atoms with Crippen LogP contribution in [0.25, 0.3) is 0 Å². The monoisotopic (exact) mass is 370 g/mol. The Hall–Kier alpha value is -3.07. The molecular formula is C25H26N2O. The second-order valence-corrected chi connectivity index (χ2v) is 7.51. The molecule has 28 heavy (non-hydrogen) atoms. The van der Waals surface area contributed by atoms with Gasteiger partial charge in [0, 0.05) is 5.56 Å². The lowest BCUT2D eigenvalue weighted by atomic mass is 9.94. The van der Waals surface area contributed by atoms with Crippen LogP contribution in [0.1, 0.15) is 66.6 Å². The minimum Gasteiger partial charge on any atom is -0.289 e. The first-order valence-corrected chi connectivity index (χ1v) is 9.72. The molecule has 0 saturated carbocycles. The first-order chi connectivity index (χ1) is 13.5. The Labute approximate surface area is 167 Å². The van der Waals surface area contributed by atoms with Gasteiger partial charge in [0.1, 0.15) is 5.69 Å². The standard InChI is InChI=1S/C25H26N2O/c1-17(2)20-13-8-9-16-23(20)26-27-24-21(18(3)4)14-10-15-22(24)25(28)19-11-6-5-7-12-19/h5-18H,1-4H3. The molecule has 0 unspecified atom stereocenters. The van der Waals surface area contributed by atoms with Crippen LogP contribution in [0.2, 0.25) is 0 Å². The highest BCUT2D eigenvalue weighted by Crippen LogP contribution is 2.34. The van der Waals surface area contributed by atoms with Gasteiger partial charge in [0.15, 0.2) is 5.78 Å². The Bertz CT molecular complexity index is 988. The van der Waals surface area contributed by atoms with Crippen molar-refractivity contribution in [2.24, 2.45) is 10.2 Å². The number of carbonyl (C=O) groups excluding carboxylic acids is 1. The third-order valence-electron chi connectivity index (χ3n) is 4.79. The SMILES string of the molecule is CC(C)c1ccccc1N=Nc1c(C(=O)c2ccccc2)cccc1C(C)C. The fourth-order valence-corrected chi connectivity index (χ4v) is 3.24. The molecule has 0 aliphatic carbocycles. The Kier molecular flexibility index (Phi) is 6.15. The van der Waals surface area contributed by atoms with E-state index in [1.54, 1.807) is 0 Å². The summed E-state index contributed by atoms with van der Waals surface area (Å²) in [5, 5.41) is 9.14. The van der Waals surface area contributed by atoms with E-state index >= 15 is 0 Å². The fourth-order valence-electron chi connectivity index (χ4n) is 3.24. The molecular weight excluding hydrogens is 344 g/mol. The summed E-state index contributed by atoms with van der Waals surface area (Å²) in [7, 11) is 0. The smallest absolute Gasteiger partial charge is 0.195 e. The lowest BCUT2D eigenvalue weighted by molar-refractivity contribution is 0.103. The van der Waals surface area contributed by atoms with Crippen molar-refractivity contribution in [1.82, 2.24) is 0 Å². The van der Waals surface area contributed by atoms with Crippen LogP contribution in [0, 0.1) is 0 Å². The van der Waals surface area contributed by atoms with Gasteiger partial charge in [-0.15, -0.1) is 5.11 Å². The minimum atomic E-state index is -0.0332. The van der Waals surface area contributed by atoms with Crippen molar-refractivity contribution in [3.63, 3.8) is 0 Å². The highest BCUT2D eigenvalue weighted by Gasteiger charge is 2.18. The van der Waals surface area contributed by atoms with Gasteiger partial charge in [-0.25, -0.2) is 0 Å². The molecule has 3 aromatic rings. The Morgan fingerprint density at radius 1 is 0.679 bits per heavy atom. The van der Waals surface area contributed by atoms with Crippen molar-refractivity contribution in [2.45, 2.75) is 39.5 Å². The van der Waals surface area contributed by atoms with Crippen LogP contribution in [-0.4, -0.2) is 5.78 Å². The van der Waals surface area contributed by atoms with Gasteiger partial charge < -0.3 is 0 Å². The van der Waals surface area contributed by atoms with Crippen LogP contribution in [0.15, 0.2) is 83.0 Å². The van der Waals surface area contributed by atoms with Gasteiger partial charge in [0.25, 0.3) is 0 Å². The maximum atomic E-state index is 13.1. The zero-order chi connectivity index (χ0) is 20.1. The topological polar surface area (TPSA) is 41.8 Å². The van der Waals surface area contributed by atoms with Gasteiger partial charge in [-0.1, -0.05) is 88.4 Å². The molecule has 0 N–H and O–H groups in total. The zero-order valence-electron chi connectivity index (χ0n) is 16.9. The number of nitrogens with zero attached hydrogens (tertiary/aromatic N) is 2. The fraction of sp³-hybridized carbons (Fsp3) is 0.240. The van der Waals surface area contributed by atoms with Gasteiger partial charge in [-0.3, -0.25) is 4.79 Å². The van der Waals surface area contributed by atoms with E-state index in [-0.39, 0.29) is 11.7 Å². The summed E-state index contributed by atoms with van der Waals surface area (Å²) in [6.45, 7) is 8.49. The van der Waals surface area contributed by atoms with E-state index in [4.69, 9.17) is 0 Å². The first kappa shape index (κ1) is 19.7. The molecule has 0 spiro atoms. The van der Waals surface area contributed by atoms with Crippen molar-refractivity contribution in [2.75, 3.05) is 0 Å². The van der Waals surface area contributed by atoms with Gasteiger partial charge in [0.2, 0.25) is 0 Å². The molecule has 0 heterocycles. The number of rotatable bonds is 6. The summed E-state index contributed by atoms with van der Waals surface area (Å²) >= 11 is 0. The van der Waals surface area contributed by atoms with Crippen molar-refractivity contribution < 1.29 is 4.79 Å². The van der Waals surface area contributed by atoms with Crippen LogP contribution < -0.4 is 0 Å². The molecule has 3 aromatic carbocycles. The molecule has 3 nitrogen and oxygen atoms in total. The summed E-state index contributed by atoms with van der Waals surface area (Å²) in [6.07, 6.45) is 0. The van der Waals surface area contributed by atoms with Crippen LogP contribution in [0.3, 0.4) is 0 Å². The highest BCUT2D eigenvalue weighted by molar-refractivity contribution is 6.12. The third kappa shape index (κ3) is 4.25. The molecule has 0 radical (unpaired) electrons. The molecule has 0 fully saturated rings. The van der Waals surface area contributed by atoms with Gasteiger partial charge in [0.05, 0.1) is 11.3 Å². The molecule has 0 aromatic heterocycles. The zero-order valence-corrected chi connectivity index (χ0v) is 16.9. The summed E-state index contributed by atoms with van der Waals surface area (Å²) in [5.41, 5.74) is 4.90. The molecule has 0 aliphatic rings. The van der Waals surface area contributed by atoms with E-state index in [0.29, 0.717) is 22.7 Å². The molecule has 142 valence electrons. The predicted molar refractivity (Wildman–Crippen MR) is 115 cm³/mol. The summed E-state index contributed by atoms with van der Waals surface area (Å²) < 4.78 is 0. The van der Waals surface area contributed by atoms with Gasteiger partial charge >= 0.3 is 0 Å². The van der Waals surface area contributed by atoms with Crippen molar-refractivity contribution in [3.8, 4) is 0 Å². The summed E-state index contributed by atoms with van der Waals surface area (Å²) in [4.78, 5) is 13.1. The van der Waals surface area contributed by atoms with Crippen LogP contribution >= 0.6 is 0 Å². The molecule has 3 heteroatoms. The number of ketones is 1. The summed E-state index contributed by atoms with van der Waals surface area (Å²) in [6, 6.07) is 23.1. The highest BCUT2D eigenvalue weighted by atomic mass is 16.1. The van der Waals surface area contributed by atoms with E-state index in [1.807, 2.05) is 66.7 Å². The second kappa shape index (κ2) is 8.75. The van der Waals surface area contributed by atoms with Crippen LogP contribution in [0.4, 0.5) is 11.4 Å². The maximum absolute atomic E-state index is 13.1. The lowest BCUT2D eigenvalue weighted by Crippen LogP contribution is -2.03. The number of hydrogen-bond acceptors (Lipinski definition) is 3. The second-order valence-electron chi connectivity index (χ2n) is 7.51. The van der Waals surface area contributed by atoms with Crippen molar-refractivity contribution >= 4 is 17.2 Å².